The van der Waals surface area contributed by atoms with Crippen LogP contribution in [0.2, 0.25) is 0 Å². The van der Waals surface area contributed by atoms with E-state index in [1.165, 1.54) is 31.4 Å². The summed E-state index contributed by atoms with van der Waals surface area (Å²) in [5.41, 5.74) is 1.10. The van der Waals surface area contributed by atoms with Crippen molar-refractivity contribution in [3.8, 4) is 0 Å². The SMILES string of the molecule is Cc1nc(CN=C2NC3CCCCC3CS2)cs1. The summed E-state index contributed by atoms with van der Waals surface area (Å²) in [6.07, 6.45) is 5.49. The molecule has 0 amide bonds. The Kier molecular flexibility index (Phi) is 3.89. The maximum Gasteiger partial charge on any atom is 0.157 e. The van der Waals surface area contributed by atoms with Crippen molar-refractivity contribution in [2.75, 3.05) is 5.75 Å². The van der Waals surface area contributed by atoms with E-state index in [1.807, 2.05) is 18.7 Å². The van der Waals surface area contributed by atoms with Gasteiger partial charge in [-0.05, 0) is 25.7 Å². The first-order valence-electron chi connectivity index (χ1n) is 6.66. The third-order valence-electron chi connectivity index (χ3n) is 3.70. The highest BCUT2D eigenvalue weighted by atomic mass is 32.2. The maximum atomic E-state index is 4.67. The third-order valence-corrected chi connectivity index (χ3v) is 5.64. The fourth-order valence-corrected chi connectivity index (χ4v) is 4.47. The molecule has 2 aliphatic rings. The molecule has 3 rings (SSSR count). The number of hydrogen-bond donors (Lipinski definition) is 1. The van der Waals surface area contributed by atoms with Crippen molar-refractivity contribution < 1.29 is 0 Å². The van der Waals surface area contributed by atoms with Crippen molar-refractivity contribution in [2.45, 2.75) is 45.2 Å². The molecule has 1 saturated carbocycles. The lowest BCUT2D eigenvalue weighted by Gasteiger charge is -2.36. The molecule has 2 atom stereocenters. The van der Waals surface area contributed by atoms with Crippen LogP contribution in [0.4, 0.5) is 0 Å². The number of fused-ring (bicyclic) bond motifs is 1. The van der Waals surface area contributed by atoms with E-state index in [4.69, 9.17) is 0 Å². The van der Waals surface area contributed by atoms with Gasteiger partial charge in [-0.3, -0.25) is 4.99 Å². The summed E-state index contributed by atoms with van der Waals surface area (Å²) in [6.45, 7) is 2.76. The van der Waals surface area contributed by atoms with E-state index in [-0.39, 0.29) is 0 Å². The molecule has 3 nitrogen and oxygen atoms in total. The lowest BCUT2D eigenvalue weighted by molar-refractivity contribution is 0.311. The van der Waals surface area contributed by atoms with E-state index in [1.54, 1.807) is 11.3 Å². The van der Waals surface area contributed by atoms with E-state index in [9.17, 15) is 0 Å². The van der Waals surface area contributed by atoms with Crippen molar-refractivity contribution in [1.29, 1.82) is 0 Å². The first-order chi connectivity index (χ1) is 8.81. The van der Waals surface area contributed by atoms with Crippen LogP contribution >= 0.6 is 23.1 Å². The van der Waals surface area contributed by atoms with Crippen LogP contribution in [0.25, 0.3) is 0 Å². The van der Waals surface area contributed by atoms with Crippen molar-refractivity contribution >= 4 is 28.3 Å². The van der Waals surface area contributed by atoms with E-state index < -0.39 is 0 Å². The van der Waals surface area contributed by atoms with E-state index in [0.717, 1.165) is 28.3 Å². The minimum atomic E-state index is 0.677. The fraction of sp³-hybridized carbons (Fsp3) is 0.692. The molecule has 2 fully saturated rings. The molecular weight excluding hydrogens is 262 g/mol. The van der Waals surface area contributed by atoms with E-state index in [2.05, 4.69) is 20.7 Å². The van der Waals surface area contributed by atoms with Crippen LogP contribution in [0, 0.1) is 12.8 Å². The first kappa shape index (κ1) is 12.5. The zero-order chi connectivity index (χ0) is 12.4. The second-order valence-electron chi connectivity index (χ2n) is 5.09. The molecule has 1 N–H and O–H groups in total. The molecule has 1 aliphatic carbocycles. The van der Waals surface area contributed by atoms with Gasteiger partial charge in [0.2, 0.25) is 0 Å². The lowest BCUT2D eigenvalue weighted by atomic mass is 9.86. The van der Waals surface area contributed by atoms with Gasteiger partial charge in [-0.2, -0.15) is 0 Å². The van der Waals surface area contributed by atoms with Gasteiger partial charge in [0, 0.05) is 17.2 Å². The largest absolute Gasteiger partial charge is 0.362 e. The Morgan fingerprint density at radius 3 is 3.17 bits per heavy atom. The van der Waals surface area contributed by atoms with Gasteiger partial charge in [0.25, 0.3) is 0 Å². The van der Waals surface area contributed by atoms with E-state index >= 15 is 0 Å². The van der Waals surface area contributed by atoms with Crippen molar-refractivity contribution in [2.24, 2.45) is 10.9 Å². The van der Waals surface area contributed by atoms with Crippen molar-refractivity contribution in [1.82, 2.24) is 10.3 Å². The molecule has 98 valence electrons. The Hall–Kier alpha value is -0.550. The van der Waals surface area contributed by atoms with Crippen LogP contribution in [-0.2, 0) is 6.54 Å². The minimum Gasteiger partial charge on any atom is -0.362 e. The zero-order valence-electron chi connectivity index (χ0n) is 10.7. The van der Waals surface area contributed by atoms with Crippen molar-refractivity contribution in [3.63, 3.8) is 0 Å². The quantitative estimate of drug-likeness (QED) is 0.904. The number of nitrogens with one attached hydrogen (secondary N) is 1. The Morgan fingerprint density at radius 2 is 2.33 bits per heavy atom. The molecule has 0 aromatic carbocycles. The number of aliphatic imine (C=N–C) groups is 1. The Bertz CT molecular complexity index is 441. The maximum absolute atomic E-state index is 4.67. The average molecular weight is 281 g/mol. The van der Waals surface area contributed by atoms with Gasteiger partial charge in [0.1, 0.15) is 0 Å². The van der Waals surface area contributed by atoms with Crippen LogP contribution in [-0.4, -0.2) is 21.9 Å². The van der Waals surface area contributed by atoms with Crippen LogP contribution < -0.4 is 5.32 Å². The minimum absolute atomic E-state index is 0.677. The topological polar surface area (TPSA) is 37.3 Å². The van der Waals surface area contributed by atoms with Gasteiger partial charge in [-0.25, -0.2) is 4.98 Å². The molecule has 1 saturated heterocycles. The number of amidine groups is 1. The predicted octanol–water partition coefficient (Wildman–Crippen LogP) is 3.20. The van der Waals surface area contributed by atoms with Crippen LogP contribution in [0.5, 0.6) is 0 Å². The molecule has 5 heteroatoms. The number of thioether (sulfide) groups is 1. The smallest absolute Gasteiger partial charge is 0.157 e. The number of aromatic nitrogens is 1. The number of rotatable bonds is 2. The lowest BCUT2D eigenvalue weighted by Crippen LogP contribution is -2.46. The molecule has 2 heterocycles. The predicted molar refractivity (Wildman–Crippen MR) is 79.3 cm³/mol. The number of nitrogens with zero attached hydrogens (tertiary/aromatic N) is 2. The van der Waals surface area contributed by atoms with Crippen LogP contribution in [0.15, 0.2) is 10.4 Å². The highest BCUT2D eigenvalue weighted by Crippen LogP contribution is 2.31. The number of hydrogen-bond acceptors (Lipinski definition) is 4. The molecule has 2 unspecified atom stereocenters. The first-order valence-corrected chi connectivity index (χ1v) is 8.52. The summed E-state index contributed by atoms with van der Waals surface area (Å²) in [4.78, 5) is 9.12. The fourth-order valence-electron chi connectivity index (χ4n) is 2.71. The monoisotopic (exact) mass is 281 g/mol. The average Bonchev–Trinajstić information content (AvgIpc) is 2.82. The van der Waals surface area contributed by atoms with Gasteiger partial charge in [-0.1, -0.05) is 24.6 Å². The third kappa shape index (κ3) is 2.88. The van der Waals surface area contributed by atoms with E-state index in [0.29, 0.717) is 6.04 Å². The van der Waals surface area contributed by atoms with Crippen LogP contribution in [0.3, 0.4) is 0 Å². The van der Waals surface area contributed by atoms with Gasteiger partial charge in [-0.15, -0.1) is 11.3 Å². The summed E-state index contributed by atoms with van der Waals surface area (Å²) < 4.78 is 0. The second-order valence-corrected chi connectivity index (χ2v) is 7.16. The Morgan fingerprint density at radius 1 is 1.44 bits per heavy atom. The number of aryl methyl sites for hydroxylation is 1. The van der Waals surface area contributed by atoms with Gasteiger partial charge in [0.15, 0.2) is 5.17 Å². The summed E-state index contributed by atoms with van der Waals surface area (Å²) in [6, 6.07) is 0.677. The van der Waals surface area contributed by atoms with Crippen LogP contribution in [0.1, 0.15) is 36.4 Å². The molecule has 0 bridgehead atoms. The molecule has 0 radical (unpaired) electrons. The zero-order valence-corrected chi connectivity index (χ0v) is 12.3. The van der Waals surface area contributed by atoms with Gasteiger partial charge in [0.05, 0.1) is 17.2 Å². The summed E-state index contributed by atoms with van der Waals surface area (Å²) in [7, 11) is 0. The summed E-state index contributed by atoms with van der Waals surface area (Å²) in [5.74, 6) is 2.11. The van der Waals surface area contributed by atoms with Gasteiger partial charge < -0.3 is 5.32 Å². The second kappa shape index (κ2) is 5.61. The normalized spacial score (nSPS) is 29.9. The molecule has 1 aliphatic heterocycles. The molecular formula is C13H19N3S2. The summed E-state index contributed by atoms with van der Waals surface area (Å²) >= 11 is 3.59. The van der Waals surface area contributed by atoms with Gasteiger partial charge >= 0.3 is 0 Å². The van der Waals surface area contributed by atoms with Crippen molar-refractivity contribution in [3.05, 3.63) is 16.1 Å². The standard InChI is InChI=1S/C13H19N3S2/c1-9-15-11(8-17-9)6-14-13-16-12-5-3-2-4-10(12)7-18-13/h8,10,12H,2-7H2,1H3,(H,14,16). The number of thiazole rings is 1. The molecule has 18 heavy (non-hydrogen) atoms. The molecule has 1 aromatic rings. The highest BCUT2D eigenvalue weighted by molar-refractivity contribution is 8.13. The Labute approximate surface area is 116 Å². The molecule has 0 spiro atoms. The molecule has 1 aromatic heterocycles. The Balaban J connectivity index is 1.59. The highest BCUT2D eigenvalue weighted by Gasteiger charge is 2.30. The summed E-state index contributed by atoms with van der Waals surface area (Å²) in [5, 5.41) is 7.98.